The van der Waals surface area contributed by atoms with Crippen LogP contribution in [0.3, 0.4) is 0 Å². The fourth-order valence-electron chi connectivity index (χ4n) is 4.65. The minimum atomic E-state index is -0.894. The molecule has 3 heterocycles. The van der Waals surface area contributed by atoms with Crippen LogP contribution in [0.15, 0.2) is 30.3 Å². The molecule has 3 fully saturated rings. The normalized spacial score (nSPS) is 31.9. The third-order valence-electron chi connectivity index (χ3n) is 5.90. The molecule has 1 N–H and O–H groups in total. The van der Waals surface area contributed by atoms with Gasteiger partial charge < -0.3 is 14.7 Å². The van der Waals surface area contributed by atoms with Crippen molar-refractivity contribution in [3.8, 4) is 0 Å². The molecule has 5 atom stereocenters. The SMILES string of the molecule is O=C(O)[C@H](CC(=O)N1C[C@@H]2[C@@H](C1)[C@@H]1CC[C@@H]2O1)Cc1ccccc1. The van der Waals surface area contributed by atoms with Crippen LogP contribution in [0.4, 0.5) is 0 Å². The highest BCUT2D eigenvalue weighted by Gasteiger charge is 2.53. The lowest BCUT2D eigenvalue weighted by Crippen LogP contribution is -2.34. The third-order valence-corrected chi connectivity index (χ3v) is 5.90. The molecule has 3 aliphatic rings. The number of carboxylic acids is 1. The van der Waals surface area contributed by atoms with Gasteiger partial charge in [0.1, 0.15) is 0 Å². The monoisotopic (exact) mass is 329 g/mol. The fraction of sp³-hybridized carbons (Fsp3) is 0.579. The van der Waals surface area contributed by atoms with E-state index in [2.05, 4.69) is 0 Å². The number of hydrogen-bond donors (Lipinski definition) is 1. The zero-order valence-electron chi connectivity index (χ0n) is 13.6. The van der Waals surface area contributed by atoms with Crippen molar-refractivity contribution in [1.29, 1.82) is 0 Å². The number of carboxylic acid groups (broad SMARTS) is 1. The number of fused-ring (bicyclic) bond motifs is 5. The number of carbonyl (C=O) groups is 2. The highest BCUT2D eigenvalue weighted by atomic mass is 16.5. The van der Waals surface area contributed by atoms with E-state index in [1.807, 2.05) is 35.2 Å². The maximum absolute atomic E-state index is 12.6. The molecule has 128 valence electrons. The van der Waals surface area contributed by atoms with Gasteiger partial charge in [0.2, 0.25) is 5.91 Å². The highest BCUT2D eigenvalue weighted by Crippen LogP contribution is 2.47. The second-order valence-electron chi connectivity index (χ2n) is 7.35. The smallest absolute Gasteiger partial charge is 0.307 e. The predicted octanol–water partition coefficient (Wildman–Crippen LogP) is 1.96. The van der Waals surface area contributed by atoms with Gasteiger partial charge in [-0.05, 0) is 24.8 Å². The molecule has 4 rings (SSSR count). The highest BCUT2D eigenvalue weighted by molar-refractivity contribution is 5.82. The van der Waals surface area contributed by atoms with Gasteiger partial charge in [0, 0.05) is 31.3 Å². The van der Waals surface area contributed by atoms with Crippen molar-refractivity contribution < 1.29 is 19.4 Å². The average Bonchev–Trinajstić information content (AvgIpc) is 3.27. The first-order chi connectivity index (χ1) is 11.6. The summed E-state index contributed by atoms with van der Waals surface area (Å²) in [6, 6.07) is 9.52. The van der Waals surface area contributed by atoms with Crippen LogP contribution in [0.5, 0.6) is 0 Å². The molecule has 0 spiro atoms. The first-order valence-corrected chi connectivity index (χ1v) is 8.82. The number of amides is 1. The average molecular weight is 329 g/mol. The summed E-state index contributed by atoms with van der Waals surface area (Å²) in [4.78, 5) is 26.1. The summed E-state index contributed by atoms with van der Waals surface area (Å²) < 4.78 is 5.93. The van der Waals surface area contributed by atoms with E-state index in [-0.39, 0.29) is 12.3 Å². The number of carbonyl (C=O) groups excluding carboxylic acids is 1. The number of nitrogens with zero attached hydrogens (tertiary/aromatic N) is 1. The van der Waals surface area contributed by atoms with E-state index in [1.165, 1.54) is 0 Å². The van der Waals surface area contributed by atoms with Gasteiger partial charge in [-0.2, -0.15) is 0 Å². The van der Waals surface area contributed by atoms with Crippen LogP contribution in [0.2, 0.25) is 0 Å². The largest absolute Gasteiger partial charge is 0.481 e. The Morgan fingerprint density at radius 2 is 1.75 bits per heavy atom. The number of hydrogen-bond acceptors (Lipinski definition) is 3. The van der Waals surface area contributed by atoms with Gasteiger partial charge >= 0.3 is 5.97 Å². The molecule has 0 saturated carbocycles. The zero-order chi connectivity index (χ0) is 16.7. The van der Waals surface area contributed by atoms with Crippen molar-refractivity contribution in [1.82, 2.24) is 4.90 Å². The molecule has 1 aromatic carbocycles. The number of benzene rings is 1. The van der Waals surface area contributed by atoms with Crippen molar-refractivity contribution in [2.45, 2.75) is 37.9 Å². The van der Waals surface area contributed by atoms with E-state index in [0.29, 0.717) is 30.5 Å². The van der Waals surface area contributed by atoms with Crippen LogP contribution in [-0.4, -0.2) is 47.2 Å². The van der Waals surface area contributed by atoms with Crippen molar-refractivity contribution in [2.24, 2.45) is 17.8 Å². The van der Waals surface area contributed by atoms with Gasteiger partial charge in [0.25, 0.3) is 0 Å². The minimum absolute atomic E-state index is 0.0212. The Labute approximate surface area is 141 Å². The summed E-state index contributed by atoms with van der Waals surface area (Å²) in [5.41, 5.74) is 0.961. The molecule has 5 heteroatoms. The number of likely N-dealkylation sites (tertiary alicyclic amines) is 1. The molecule has 0 unspecified atom stereocenters. The van der Waals surface area contributed by atoms with Crippen LogP contribution in [0.1, 0.15) is 24.8 Å². The zero-order valence-corrected chi connectivity index (χ0v) is 13.6. The second-order valence-corrected chi connectivity index (χ2v) is 7.35. The second kappa shape index (κ2) is 6.20. The molecule has 0 radical (unpaired) electrons. The summed E-state index contributed by atoms with van der Waals surface area (Å²) in [5, 5.41) is 9.49. The van der Waals surface area contributed by atoms with Gasteiger partial charge in [-0.3, -0.25) is 9.59 Å². The first-order valence-electron chi connectivity index (χ1n) is 8.82. The Morgan fingerprint density at radius 3 is 2.33 bits per heavy atom. The Morgan fingerprint density at radius 1 is 1.12 bits per heavy atom. The summed E-state index contributed by atoms with van der Waals surface area (Å²) >= 11 is 0. The number of ether oxygens (including phenoxy) is 1. The molecule has 3 aliphatic heterocycles. The van der Waals surface area contributed by atoms with Crippen molar-refractivity contribution in [3.05, 3.63) is 35.9 Å². The van der Waals surface area contributed by atoms with Crippen LogP contribution in [0, 0.1) is 17.8 Å². The minimum Gasteiger partial charge on any atom is -0.481 e. The summed E-state index contributed by atoms with van der Waals surface area (Å²) in [7, 11) is 0. The maximum Gasteiger partial charge on any atom is 0.307 e. The van der Waals surface area contributed by atoms with Crippen LogP contribution < -0.4 is 0 Å². The number of aliphatic carboxylic acids is 1. The lowest BCUT2D eigenvalue weighted by atomic mass is 9.82. The van der Waals surface area contributed by atoms with Crippen LogP contribution in [-0.2, 0) is 20.7 Å². The van der Waals surface area contributed by atoms with Gasteiger partial charge in [0.05, 0.1) is 18.1 Å². The van der Waals surface area contributed by atoms with Gasteiger partial charge in [-0.15, -0.1) is 0 Å². The molecule has 2 bridgehead atoms. The molecule has 24 heavy (non-hydrogen) atoms. The fourth-order valence-corrected chi connectivity index (χ4v) is 4.65. The van der Waals surface area contributed by atoms with Crippen molar-refractivity contribution in [3.63, 3.8) is 0 Å². The van der Waals surface area contributed by atoms with E-state index >= 15 is 0 Å². The molecule has 0 aromatic heterocycles. The van der Waals surface area contributed by atoms with Crippen molar-refractivity contribution in [2.75, 3.05) is 13.1 Å². The Bertz CT molecular complexity index is 614. The summed E-state index contributed by atoms with van der Waals surface area (Å²) in [6.45, 7) is 1.48. The molecule has 3 saturated heterocycles. The molecular weight excluding hydrogens is 306 g/mol. The van der Waals surface area contributed by atoms with Crippen LogP contribution >= 0.6 is 0 Å². The Hall–Kier alpha value is -1.88. The summed E-state index contributed by atoms with van der Waals surface area (Å²) in [6.07, 6.45) is 3.34. The van der Waals surface area contributed by atoms with Gasteiger partial charge in [0.15, 0.2) is 0 Å². The van der Waals surface area contributed by atoms with E-state index in [1.54, 1.807) is 0 Å². The number of rotatable bonds is 5. The van der Waals surface area contributed by atoms with Gasteiger partial charge in [-0.1, -0.05) is 30.3 Å². The van der Waals surface area contributed by atoms with E-state index in [4.69, 9.17) is 4.74 Å². The standard InChI is InChI=1S/C19H23NO4/c21-18(9-13(19(22)23)8-12-4-2-1-3-5-12)20-10-14-15(11-20)17-7-6-16(14)24-17/h1-5,13-17H,6-11H2,(H,22,23)/t13-,14+,15+,16-,17-/m0/s1. The molecule has 5 nitrogen and oxygen atoms in total. The quantitative estimate of drug-likeness (QED) is 0.897. The topological polar surface area (TPSA) is 66.8 Å². The van der Waals surface area contributed by atoms with Gasteiger partial charge in [-0.25, -0.2) is 0 Å². The Balaban J connectivity index is 1.38. The van der Waals surface area contributed by atoms with E-state index in [0.717, 1.165) is 31.5 Å². The lowest BCUT2D eigenvalue weighted by molar-refractivity contribution is -0.145. The van der Waals surface area contributed by atoms with E-state index in [9.17, 15) is 14.7 Å². The van der Waals surface area contributed by atoms with Crippen molar-refractivity contribution >= 4 is 11.9 Å². The molecule has 0 aliphatic carbocycles. The molecule has 1 aromatic rings. The molecular formula is C19H23NO4. The Kier molecular flexibility index (Phi) is 4.04. The molecule has 1 amide bonds. The lowest BCUT2D eigenvalue weighted by Gasteiger charge is -2.21. The first kappa shape index (κ1) is 15.6. The predicted molar refractivity (Wildman–Crippen MR) is 87.3 cm³/mol. The van der Waals surface area contributed by atoms with E-state index < -0.39 is 11.9 Å². The maximum atomic E-state index is 12.6. The van der Waals surface area contributed by atoms with Crippen LogP contribution in [0.25, 0.3) is 0 Å². The summed E-state index contributed by atoms with van der Waals surface area (Å²) in [5.74, 6) is -0.648. The third kappa shape index (κ3) is 2.81.